The number of ether oxygens (including phenoxy) is 2. The molecule has 3 rings (SSSR count). The predicted octanol–water partition coefficient (Wildman–Crippen LogP) is 2.07. The van der Waals surface area contributed by atoms with Crippen LogP contribution < -0.4 is 0 Å². The SMILES string of the molecule is CN(C)CCOCC12CCCOC1CCN(C(=O)C1=CCCC1)C2. The van der Waals surface area contributed by atoms with Crippen LogP contribution in [0, 0.1) is 5.41 Å². The van der Waals surface area contributed by atoms with Crippen LogP contribution in [0.1, 0.15) is 38.5 Å². The van der Waals surface area contributed by atoms with Crippen LogP contribution >= 0.6 is 0 Å². The second-order valence-electron chi connectivity index (χ2n) is 7.82. The predicted molar refractivity (Wildman–Crippen MR) is 93.9 cm³/mol. The van der Waals surface area contributed by atoms with Crippen LogP contribution in [0.3, 0.4) is 0 Å². The van der Waals surface area contributed by atoms with E-state index >= 15 is 0 Å². The molecule has 0 aromatic rings. The lowest BCUT2D eigenvalue weighted by Gasteiger charge is -2.50. The molecule has 5 nitrogen and oxygen atoms in total. The van der Waals surface area contributed by atoms with Crippen LogP contribution in [-0.2, 0) is 14.3 Å². The van der Waals surface area contributed by atoms with Crippen molar-refractivity contribution in [1.29, 1.82) is 0 Å². The van der Waals surface area contributed by atoms with Crippen LogP contribution in [0.2, 0.25) is 0 Å². The van der Waals surface area contributed by atoms with E-state index in [1.54, 1.807) is 0 Å². The number of likely N-dealkylation sites (tertiary alicyclic amines) is 1. The van der Waals surface area contributed by atoms with Crippen molar-refractivity contribution in [3.05, 3.63) is 11.6 Å². The first kappa shape index (κ1) is 17.9. The number of carbonyl (C=O) groups excluding carboxylic acids is 1. The monoisotopic (exact) mass is 336 g/mol. The van der Waals surface area contributed by atoms with Gasteiger partial charge in [-0.1, -0.05) is 6.08 Å². The largest absolute Gasteiger partial charge is 0.379 e. The van der Waals surface area contributed by atoms with Gasteiger partial charge in [0.2, 0.25) is 5.91 Å². The third-order valence-electron chi connectivity index (χ3n) is 5.66. The van der Waals surface area contributed by atoms with E-state index in [2.05, 4.69) is 30.0 Å². The fraction of sp³-hybridized carbons (Fsp3) is 0.842. The zero-order chi connectivity index (χ0) is 17.0. The summed E-state index contributed by atoms with van der Waals surface area (Å²) in [5, 5.41) is 0. The van der Waals surface area contributed by atoms with Gasteiger partial charge in [-0.25, -0.2) is 0 Å². The number of allylic oxidation sites excluding steroid dienone is 1. The smallest absolute Gasteiger partial charge is 0.249 e. The van der Waals surface area contributed by atoms with Crippen molar-refractivity contribution < 1.29 is 14.3 Å². The Labute approximate surface area is 146 Å². The second kappa shape index (κ2) is 7.98. The molecular weight excluding hydrogens is 304 g/mol. The molecule has 0 spiro atoms. The highest BCUT2D eigenvalue weighted by Gasteiger charge is 2.47. The lowest BCUT2D eigenvalue weighted by Crippen LogP contribution is -2.58. The topological polar surface area (TPSA) is 42.0 Å². The summed E-state index contributed by atoms with van der Waals surface area (Å²) in [5.41, 5.74) is 1.01. The Kier molecular flexibility index (Phi) is 5.95. The second-order valence-corrected chi connectivity index (χ2v) is 7.82. The van der Waals surface area contributed by atoms with Crippen molar-refractivity contribution in [1.82, 2.24) is 9.80 Å². The molecule has 2 fully saturated rings. The summed E-state index contributed by atoms with van der Waals surface area (Å²) in [7, 11) is 4.12. The van der Waals surface area contributed by atoms with Crippen LogP contribution in [-0.4, -0.2) is 75.4 Å². The molecule has 5 heteroatoms. The maximum absolute atomic E-state index is 12.8. The third-order valence-corrected chi connectivity index (χ3v) is 5.66. The summed E-state index contributed by atoms with van der Waals surface area (Å²) in [6, 6.07) is 0. The number of piperidine rings is 1. The van der Waals surface area contributed by atoms with Gasteiger partial charge in [0.05, 0.1) is 19.3 Å². The van der Waals surface area contributed by atoms with Crippen molar-refractivity contribution in [3.63, 3.8) is 0 Å². The molecule has 2 unspecified atom stereocenters. The molecule has 2 aliphatic heterocycles. The minimum Gasteiger partial charge on any atom is -0.379 e. The molecule has 2 atom stereocenters. The summed E-state index contributed by atoms with van der Waals surface area (Å²) < 4.78 is 12.1. The fourth-order valence-corrected chi connectivity index (χ4v) is 4.27. The summed E-state index contributed by atoms with van der Waals surface area (Å²) in [4.78, 5) is 17.0. The molecule has 24 heavy (non-hydrogen) atoms. The minimum absolute atomic E-state index is 0.0162. The van der Waals surface area contributed by atoms with Gasteiger partial charge in [0, 0.05) is 37.2 Å². The van der Waals surface area contributed by atoms with Gasteiger partial charge in [0.15, 0.2) is 0 Å². The van der Waals surface area contributed by atoms with Gasteiger partial charge in [0.25, 0.3) is 0 Å². The summed E-state index contributed by atoms with van der Waals surface area (Å²) in [6.07, 6.45) is 8.61. The van der Waals surface area contributed by atoms with Crippen molar-refractivity contribution in [2.45, 2.75) is 44.6 Å². The number of hydrogen-bond acceptors (Lipinski definition) is 4. The molecule has 136 valence electrons. The van der Waals surface area contributed by atoms with Crippen molar-refractivity contribution >= 4 is 5.91 Å². The molecule has 3 aliphatic rings. The Hall–Kier alpha value is -0.910. The van der Waals surface area contributed by atoms with Crippen LogP contribution in [0.4, 0.5) is 0 Å². The number of likely N-dealkylation sites (N-methyl/N-ethyl adjacent to an activating group) is 1. The Morgan fingerprint density at radius 2 is 2.33 bits per heavy atom. The van der Waals surface area contributed by atoms with Gasteiger partial charge in [-0.15, -0.1) is 0 Å². The van der Waals surface area contributed by atoms with Crippen molar-refractivity contribution in [3.8, 4) is 0 Å². The molecular formula is C19H32N2O3. The van der Waals surface area contributed by atoms with Gasteiger partial charge in [0.1, 0.15) is 0 Å². The van der Waals surface area contributed by atoms with Gasteiger partial charge in [-0.2, -0.15) is 0 Å². The molecule has 0 N–H and O–H groups in total. The van der Waals surface area contributed by atoms with Crippen molar-refractivity contribution in [2.75, 3.05) is 53.6 Å². The van der Waals surface area contributed by atoms with E-state index in [-0.39, 0.29) is 17.4 Å². The van der Waals surface area contributed by atoms with Crippen LogP contribution in [0.15, 0.2) is 11.6 Å². The molecule has 0 saturated carbocycles. The highest BCUT2D eigenvalue weighted by molar-refractivity contribution is 5.93. The summed E-state index contributed by atoms with van der Waals surface area (Å²) in [6.45, 7) is 4.82. The van der Waals surface area contributed by atoms with Gasteiger partial charge in [-0.05, 0) is 52.6 Å². The zero-order valence-corrected chi connectivity index (χ0v) is 15.3. The normalized spacial score (nSPS) is 30.4. The Balaban J connectivity index is 1.63. The Morgan fingerprint density at radius 3 is 3.08 bits per heavy atom. The third kappa shape index (κ3) is 4.01. The average molecular weight is 336 g/mol. The average Bonchev–Trinajstić information content (AvgIpc) is 3.12. The first-order valence-corrected chi connectivity index (χ1v) is 9.43. The number of rotatable bonds is 6. The van der Waals surface area contributed by atoms with Crippen LogP contribution in [0.5, 0.6) is 0 Å². The number of amides is 1. The van der Waals surface area contributed by atoms with E-state index in [1.165, 1.54) is 0 Å². The summed E-state index contributed by atoms with van der Waals surface area (Å²) >= 11 is 0. The fourth-order valence-electron chi connectivity index (χ4n) is 4.27. The van der Waals surface area contributed by atoms with E-state index < -0.39 is 0 Å². The van der Waals surface area contributed by atoms with E-state index in [0.717, 1.165) is 76.9 Å². The lowest BCUT2D eigenvalue weighted by molar-refractivity contribution is -0.162. The highest BCUT2D eigenvalue weighted by Crippen LogP contribution is 2.41. The van der Waals surface area contributed by atoms with E-state index in [4.69, 9.17) is 9.47 Å². The molecule has 2 saturated heterocycles. The maximum Gasteiger partial charge on any atom is 0.249 e. The van der Waals surface area contributed by atoms with Gasteiger partial charge in [-0.3, -0.25) is 4.79 Å². The van der Waals surface area contributed by atoms with E-state index in [0.29, 0.717) is 6.61 Å². The molecule has 0 bridgehead atoms. The number of fused-ring (bicyclic) bond motifs is 1. The lowest BCUT2D eigenvalue weighted by atomic mass is 9.73. The first-order valence-electron chi connectivity index (χ1n) is 9.43. The number of nitrogens with zero attached hydrogens (tertiary/aromatic N) is 2. The molecule has 2 heterocycles. The van der Waals surface area contributed by atoms with Gasteiger partial charge < -0.3 is 19.3 Å². The molecule has 0 radical (unpaired) electrons. The molecule has 0 aromatic carbocycles. The molecule has 1 aliphatic carbocycles. The van der Waals surface area contributed by atoms with Crippen LogP contribution in [0.25, 0.3) is 0 Å². The van der Waals surface area contributed by atoms with Crippen molar-refractivity contribution in [2.24, 2.45) is 5.41 Å². The van der Waals surface area contributed by atoms with E-state index in [9.17, 15) is 4.79 Å². The van der Waals surface area contributed by atoms with E-state index in [1.807, 2.05) is 0 Å². The van der Waals surface area contributed by atoms with Gasteiger partial charge >= 0.3 is 0 Å². The molecule has 1 amide bonds. The number of carbonyl (C=O) groups is 1. The minimum atomic E-state index is -0.0162. The maximum atomic E-state index is 12.8. The Morgan fingerprint density at radius 1 is 1.46 bits per heavy atom. The highest BCUT2D eigenvalue weighted by atomic mass is 16.5. The Bertz CT molecular complexity index is 477. The first-order chi connectivity index (χ1) is 11.6. The zero-order valence-electron chi connectivity index (χ0n) is 15.3. The quantitative estimate of drug-likeness (QED) is 0.697. The number of hydrogen-bond donors (Lipinski definition) is 0. The summed E-state index contributed by atoms with van der Waals surface area (Å²) in [5.74, 6) is 0.254. The standard InChI is InChI=1S/C19H32N2O3/c1-20(2)11-13-23-15-19-9-5-12-24-17(19)8-10-21(14-19)18(22)16-6-3-4-7-16/h6,17H,3-5,7-15H2,1-2H3. The molecule has 0 aromatic heterocycles.